The molecule has 1 aromatic heterocycles. The molecule has 0 unspecified atom stereocenters. The van der Waals surface area contributed by atoms with E-state index in [1.54, 1.807) is 20.4 Å². The molecule has 0 aliphatic heterocycles. The Hall–Kier alpha value is -1.09. The fraction of sp³-hybridized carbons (Fsp3) is 0.571. The second kappa shape index (κ2) is 12.6. The van der Waals surface area contributed by atoms with E-state index < -0.39 is 0 Å². The number of guanidine groups is 1. The van der Waals surface area contributed by atoms with E-state index >= 15 is 0 Å². The van der Waals surface area contributed by atoms with Crippen LogP contribution >= 0.6 is 24.0 Å². The van der Waals surface area contributed by atoms with Crippen LogP contribution in [0.4, 0.5) is 0 Å². The highest BCUT2D eigenvalue weighted by molar-refractivity contribution is 14.0. The first-order valence-electron chi connectivity index (χ1n) is 6.80. The van der Waals surface area contributed by atoms with Gasteiger partial charge in [0.2, 0.25) is 5.88 Å². The average molecular weight is 408 g/mol. The molecule has 0 atom stereocenters. The summed E-state index contributed by atoms with van der Waals surface area (Å²) in [5.41, 5.74) is 1.04. The maximum atomic E-state index is 5.03. The Morgan fingerprint density at radius 2 is 2.10 bits per heavy atom. The molecule has 0 radical (unpaired) electrons. The summed E-state index contributed by atoms with van der Waals surface area (Å²) in [6.07, 6.45) is 2.72. The van der Waals surface area contributed by atoms with E-state index in [4.69, 9.17) is 9.47 Å². The predicted octanol–water partition coefficient (Wildman–Crippen LogP) is 1.80. The van der Waals surface area contributed by atoms with Crippen molar-refractivity contribution >= 4 is 29.9 Å². The lowest BCUT2D eigenvalue weighted by Gasteiger charge is -2.11. The van der Waals surface area contributed by atoms with Crippen LogP contribution in [0.25, 0.3) is 0 Å². The fourth-order valence-corrected chi connectivity index (χ4v) is 1.56. The maximum Gasteiger partial charge on any atom is 0.212 e. The number of nitrogens with one attached hydrogen (secondary N) is 2. The van der Waals surface area contributed by atoms with Gasteiger partial charge in [0.05, 0.1) is 13.7 Å². The molecule has 0 spiro atoms. The number of hydrogen-bond acceptors (Lipinski definition) is 4. The van der Waals surface area contributed by atoms with Crippen molar-refractivity contribution in [1.82, 2.24) is 15.6 Å². The molecule has 0 aliphatic rings. The number of nitrogens with zero attached hydrogens (tertiary/aromatic N) is 2. The molecule has 0 saturated heterocycles. The highest BCUT2D eigenvalue weighted by atomic mass is 127. The number of pyridine rings is 1. The number of rotatable bonds is 8. The van der Waals surface area contributed by atoms with Gasteiger partial charge in [0.25, 0.3) is 0 Å². The standard InChI is InChI=1S/C14H24N4O2.HI/c1-4-15-14(16-8-5-9-19-2)18-11-12-6-7-13(20-3)17-10-12;/h6-7,10H,4-5,8-9,11H2,1-3H3,(H2,15,16,18);1H. The summed E-state index contributed by atoms with van der Waals surface area (Å²) in [6.45, 7) is 5.03. The van der Waals surface area contributed by atoms with Gasteiger partial charge in [-0.05, 0) is 18.9 Å². The van der Waals surface area contributed by atoms with Crippen molar-refractivity contribution in [3.8, 4) is 5.88 Å². The van der Waals surface area contributed by atoms with Crippen LogP contribution in [0.5, 0.6) is 5.88 Å². The second-order valence-corrected chi connectivity index (χ2v) is 4.18. The maximum absolute atomic E-state index is 5.03. The molecule has 0 saturated carbocycles. The summed E-state index contributed by atoms with van der Waals surface area (Å²) in [5.74, 6) is 1.42. The Morgan fingerprint density at radius 3 is 2.67 bits per heavy atom. The number of hydrogen-bond donors (Lipinski definition) is 2. The van der Waals surface area contributed by atoms with Crippen LogP contribution in [0.2, 0.25) is 0 Å². The average Bonchev–Trinajstić information content (AvgIpc) is 2.49. The quantitative estimate of drug-likeness (QED) is 0.297. The molecular weight excluding hydrogens is 383 g/mol. The zero-order chi connectivity index (χ0) is 14.6. The van der Waals surface area contributed by atoms with Crippen molar-refractivity contribution < 1.29 is 9.47 Å². The molecular formula is C14H25IN4O2. The summed E-state index contributed by atoms with van der Waals surface area (Å²) in [6, 6.07) is 3.80. The van der Waals surface area contributed by atoms with Crippen LogP contribution in [0.1, 0.15) is 18.9 Å². The normalized spacial score (nSPS) is 10.7. The largest absolute Gasteiger partial charge is 0.481 e. The lowest BCUT2D eigenvalue weighted by molar-refractivity contribution is 0.195. The van der Waals surface area contributed by atoms with Crippen LogP contribution in [0.3, 0.4) is 0 Å². The van der Waals surface area contributed by atoms with Crippen molar-refractivity contribution in [2.45, 2.75) is 19.9 Å². The van der Waals surface area contributed by atoms with Crippen LogP contribution in [-0.4, -0.2) is 44.9 Å². The van der Waals surface area contributed by atoms with Crippen LogP contribution in [0, 0.1) is 0 Å². The first-order valence-corrected chi connectivity index (χ1v) is 6.80. The molecule has 1 aromatic rings. The van der Waals surface area contributed by atoms with E-state index in [0.717, 1.165) is 37.6 Å². The SMILES string of the molecule is CCNC(=NCc1ccc(OC)nc1)NCCCOC.I. The summed E-state index contributed by atoms with van der Waals surface area (Å²) in [7, 11) is 3.31. The summed E-state index contributed by atoms with van der Waals surface area (Å²) >= 11 is 0. The molecule has 0 fully saturated rings. The van der Waals surface area contributed by atoms with Crippen LogP contribution in [0.15, 0.2) is 23.3 Å². The van der Waals surface area contributed by atoms with Crippen LogP contribution < -0.4 is 15.4 Å². The van der Waals surface area contributed by atoms with E-state index in [1.807, 2.05) is 19.1 Å². The second-order valence-electron chi connectivity index (χ2n) is 4.18. The van der Waals surface area contributed by atoms with Crippen LogP contribution in [-0.2, 0) is 11.3 Å². The zero-order valence-corrected chi connectivity index (χ0v) is 15.2. The molecule has 21 heavy (non-hydrogen) atoms. The minimum atomic E-state index is 0. The third kappa shape index (κ3) is 8.71. The summed E-state index contributed by atoms with van der Waals surface area (Å²) < 4.78 is 10.0. The molecule has 1 rings (SSSR count). The molecule has 0 aromatic carbocycles. The molecule has 7 heteroatoms. The minimum absolute atomic E-state index is 0. The molecule has 2 N–H and O–H groups in total. The van der Waals surface area contributed by atoms with E-state index in [9.17, 15) is 0 Å². The van der Waals surface area contributed by atoms with E-state index in [1.165, 1.54) is 0 Å². The Bertz CT molecular complexity index is 398. The molecule has 0 aliphatic carbocycles. The number of aromatic nitrogens is 1. The van der Waals surface area contributed by atoms with E-state index in [2.05, 4.69) is 20.6 Å². The zero-order valence-electron chi connectivity index (χ0n) is 12.9. The Kier molecular flexibility index (Phi) is 12.0. The molecule has 0 amide bonds. The molecule has 1 heterocycles. The van der Waals surface area contributed by atoms with Crippen molar-refractivity contribution in [1.29, 1.82) is 0 Å². The number of ether oxygens (including phenoxy) is 2. The van der Waals surface area contributed by atoms with Gasteiger partial charge in [-0.2, -0.15) is 0 Å². The Morgan fingerprint density at radius 1 is 1.29 bits per heavy atom. The van der Waals surface area contributed by atoms with Gasteiger partial charge in [-0.25, -0.2) is 9.98 Å². The monoisotopic (exact) mass is 408 g/mol. The van der Waals surface area contributed by atoms with Crippen molar-refractivity contribution in [2.24, 2.45) is 4.99 Å². The van der Waals surface area contributed by atoms with Crippen molar-refractivity contribution in [3.63, 3.8) is 0 Å². The predicted molar refractivity (Wildman–Crippen MR) is 95.5 cm³/mol. The lowest BCUT2D eigenvalue weighted by Crippen LogP contribution is -2.38. The topological polar surface area (TPSA) is 67.8 Å². The van der Waals surface area contributed by atoms with Gasteiger partial charge in [0, 0.05) is 39.1 Å². The molecule has 6 nitrogen and oxygen atoms in total. The first kappa shape index (κ1) is 19.9. The smallest absolute Gasteiger partial charge is 0.212 e. The number of aliphatic imine (C=N–C) groups is 1. The van der Waals surface area contributed by atoms with Gasteiger partial charge in [0.1, 0.15) is 0 Å². The van der Waals surface area contributed by atoms with E-state index in [0.29, 0.717) is 12.4 Å². The Balaban J connectivity index is 0.00000400. The minimum Gasteiger partial charge on any atom is -0.481 e. The molecule has 120 valence electrons. The van der Waals surface area contributed by atoms with Crippen molar-refractivity contribution in [3.05, 3.63) is 23.9 Å². The number of methoxy groups -OCH3 is 2. The van der Waals surface area contributed by atoms with Gasteiger partial charge in [-0.1, -0.05) is 6.07 Å². The molecule has 0 bridgehead atoms. The third-order valence-electron chi connectivity index (χ3n) is 2.59. The lowest BCUT2D eigenvalue weighted by atomic mass is 10.3. The number of halogens is 1. The summed E-state index contributed by atoms with van der Waals surface area (Å²) in [4.78, 5) is 8.67. The van der Waals surface area contributed by atoms with Gasteiger partial charge >= 0.3 is 0 Å². The van der Waals surface area contributed by atoms with Gasteiger partial charge < -0.3 is 20.1 Å². The Labute approximate surface area is 143 Å². The highest BCUT2D eigenvalue weighted by Crippen LogP contribution is 2.07. The van der Waals surface area contributed by atoms with Gasteiger partial charge in [-0.3, -0.25) is 0 Å². The fourth-order valence-electron chi connectivity index (χ4n) is 1.56. The first-order chi connectivity index (χ1) is 9.80. The van der Waals surface area contributed by atoms with Gasteiger partial charge in [0.15, 0.2) is 5.96 Å². The highest BCUT2D eigenvalue weighted by Gasteiger charge is 1.98. The summed E-state index contributed by atoms with van der Waals surface area (Å²) in [5, 5.41) is 6.47. The van der Waals surface area contributed by atoms with E-state index in [-0.39, 0.29) is 24.0 Å². The van der Waals surface area contributed by atoms with Gasteiger partial charge in [-0.15, -0.1) is 24.0 Å². The third-order valence-corrected chi connectivity index (χ3v) is 2.59. The van der Waals surface area contributed by atoms with Crippen molar-refractivity contribution in [2.75, 3.05) is 33.9 Å².